The van der Waals surface area contributed by atoms with Crippen molar-refractivity contribution in [3.63, 3.8) is 0 Å². The van der Waals surface area contributed by atoms with Crippen molar-refractivity contribution in [1.29, 1.82) is 0 Å². The summed E-state index contributed by atoms with van der Waals surface area (Å²) in [6, 6.07) is 13.2. The van der Waals surface area contributed by atoms with Gasteiger partial charge in [0.2, 0.25) is 5.91 Å². The smallest absolute Gasteiger partial charge is 0.234 e. The molecule has 4 nitrogen and oxygen atoms in total. The lowest BCUT2D eigenvalue weighted by Crippen LogP contribution is -2.28. The number of carbonyl (C=O) groups is 1. The summed E-state index contributed by atoms with van der Waals surface area (Å²) in [4.78, 5) is 14.3. The van der Waals surface area contributed by atoms with E-state index in [2.05, 4.69) is 0 Å². The average molecular weight is 364 g/mol. The maximum absolute atomic E-state index is 12.4. The molecule has 0 bridgehead atoms. The molecule has 0 aromatic heterocycles. The van der Waals surface area contributed by atoms with E-state index < -0.39 is 0 Å². The van der Waals surface area contributed by atoms with Gasteiger partial charge in [-0.1, -0.05) is 29.8 Å². The molecular weight excluding hydrogens is 346 g/mol. The molecule has 0 spiro atoms. The Balaban J connectivity index is 1.95. The van der Waals surface area contributed by atoms with Gasteiger partial charge < -0.3 is 14.4 Å². The maximum Gasteiger partial charge on any atom is 0.234 e. The van der Waals surface area contributed by atoms with Gasteiger partial charge >= 0.3 is 0 Å². The molecule has 0 radical (unpaired) electrons. The average Bonchev–Trinajstić information content (AvgIpc) is 2.96. The summed E-state index contributed by atoms with van der Waals surface area (Å²) < 4.78 is 11.0. The minimum absolute atomic E-state index is 0.105. The van der Waals surface area contributed by atoms with Gasteiger partial charge in [0.15, 0.2) is 0 Å². The Morgan fingerprint density at radius 1 is 1.12 bits per heavy atom. The van der Waals surface area contributed by atoms with Crippen LogP contribution in [0.4, 0.5) is 0 Å². The van der Waals surface area contributed by atoms with Gasteiger partial charge in [0.1, 0.15) is 16.9 Å². The third-order valence-electron chi connectivity index (χ3n) is 3.95. The molecule has 1 aliphatic heterocycles. The Bertz CT molecular complexity index is 713. The van der Waals surface area contributed by atoms with Crippen molar-refractivity contribution < 1.29 is 14.3 Å². The van der Waals surface area contributed by atoms with Crippen LogP contribution in [0, 0.1) is 0 Å². The first-order valence-corrected chi connectivity index (χ1v) is 8.93. The fourth-order valence-electron chi connectivity index (χ4n) is 2.77. The normalized spacial score (nSPS) is 17.2. The molecule has 2 aromatic rings. The van der Waals surface area contributed by atoms with Crippen molar-refractivity contribution in [3.05, 3.63) is 58.6 Å². The number of amides is 1. The Morgan fingerprint density at radius 2 is 1.75 bits per heavy atom. The minimum atomic E-state index is -0.140. The van der Waals surface area contributed by atoms with Crippen molar-refractivity contribution in [2.75, 3.05) is 20.0 Å². The largest absolute Gasteiger partial charge is 0.496 e. The number of methoxy groups -OCH3 is 2. The number of rotatable bonds is 5. The molecule has 0 aliphatic carbocycles. The van der Waals surface area contributed by atoms with Gasteiger partial charge in [0.25, 0.3) is 0 Å². The molecule has 0 saturated carbocycles. The van der Waals surface area contributed by atoms with Crippen molar-refractivity contribution in [2.24, 2.45) is 0 Å². The van der Waals surface area contributed by atoms with Crippen LogP contribution in [0.2, 0.25) is 5.02 Å². The van der Waals surface area contributed by atoms with Gasteiger partial charge in [-0.3, -0.25) is 4.79 Å². The summed E-state index contributed by atoms with van der Waals surface area (Å²) >= 11 is 7.53. The van der Waals surface area contributed by atoms with E-state index in [1.165, 1.54) is 0 Å². The number of nitrogens with zero attached hydrogens (tertiary/aromatic N) is 1. The molecule has 24 heavy (non-hydrogen) atoms. The van der Waals surface area contributed by atoms with Crippen molar-refractivity contribution in [3.8, 4) is 11.5 Å². The second-order valence-electron chi connectivity index (χ2n) is 5.39. The highest BCUT2D eigenvalue weighted by molar-refractivity contribution is 8.00. The molecule has 0 N–H and O–H groups in total. The van der Waals surface area contributed by atoms with E-state index >= 15 is 0 Å². The summed E-state index contributed by atoms with van der Waals surface area (Å²) in [5.74, 6) is 2.00. The third-order valence-corrected chi connectivity index (χ3v) is 5.42. The molecule has 1 aliphatic rings. The zero-order valence-electron chi connectivity index (χ0n) is 13.5. The highest BCUT2D eigenvalue weighted by atomic mass is 35.5. The van der Waals surface area contributed by atoms with E-state index in [1.54, 1.807) is 26.0 Å². The predicted octanol–water partition coefficient (Wildman–Crippen LogP) is 4.13. The molecule has 1 heterocycles. The van der Waals surface area contributed by atoms with Gasteiger partial charge in [0.05, 0.1) is 25.5 Å². The van der Waals surface area contributed by atoms with E-state index in [0.717, 1.165) is 22.6 Å². The van der Waals surface area contributed by atoms with E-state index in [0.29, 0.717) is 17.3 Å². The van der Waals surface area contributed by atoms with Crippen LogP contribution in [-0.2, 0) is 11.3 Å². The van der Waals surface area contributed by atoms with Crippen molar-refractivity contribution in [2.45, 2.75) is 11.9 Å². The number of carbonyl (C=O) groups excluding carboxylic acids is 1. The van der Waals surface area contributed by atoms with E-state index in [-0.39, 0.29) is 11.3 Å². The first-order chi connectivity index (χ1) is 11.6. The molecule has 1 amide bonds. The fourth-order valence-corrected chi connectivity index (χ4v) is 4.14. The monoisotopic (exact) mass is 363 g/mol. The highest BCUT2D eigenvalue weighted by Crippen LogP contribution is 2.47. The summed E-state index contributed by atoms with van der Waals surface area (Å²) in [7, 11) is 3.26. The van der Waals surface area contributed by atoms with E-state index in [1.807, 2.05) is 47.4 Å². The third kappa shape index (κ3) is 3.32. The number of ether oxygens (including phenoxy) is 2. The molecule has 2 aromatic carbocycles. The van der Waals surface area contributed by atoms with Crippen LogP contribution in [0.15, 0.2) is 42.5 Å². The Morgan fingerprint density at radius 3 is 2.33 bits per heavy atom. The SMILES string of the molecule is COc1cccc(OC)c1C1SCC(=O)N1Cc1ccc(Cl)cc1. The Hall–Kier alpha value is -1.85. The molecule has 1 atom stereocenters. The van der Waals surface area contributed by atoms with Crippen LogP contribution >= 0.6 is 23.4 Å². The maximum atomic E-state index is 12.4. The molecule has 6 heteroatoms. The van der Waals surface area contributed by atoms with Crippen LogP contribution in [0.5, 0.6) is 11.5 Å². The first kappa shape index (κ1) is 17.0. The predicted molar refractivity (Wildman–Crippen MR) is 96.7 cm³/mol. The van der Waals surface area contributed by atoms with Crippen molar-refractivity contribution >= 4 is 29.3 Å². The lowest BCUT2D eigenvalue weighted by Gasteiger charge is -2.27. The van der Waals surface area contributed by atoms with Crippen LogP contribution in [0.25, 0.3) is 0 Å². The minimum Gasteiger partial charge on any atom is -0.496 e. The molecule has 126 valence electrons. The molecule has 3 rings (SSSR count). The quantitative estimate of drug-likeness (QED) is 0.800. The standard InChI is InChI=1S/C18H18ClNO3S/c1-22-14-4-3-5-15(23-2)17(14)18-20(16(21)11-24-18)10-12-6-8-13(19)9-7-12/h3-9,18H,10-11H2,1-2H3. The first-order valence-electron chi connectivity index (χ1n) is 7.50. The van der Waals surface area contributed by atoms with Crippen LogP contribution < -0.4 is 9.47 Å². The number of thioether (sulfide) groups is 1. The lowest BCUT2D eigenvalue weighted by molar-refractivity contribution is -0.128. The number of halogens is 1. The molecule has 1 unspecified atom stereocenters. The van der Waals surface area contributed by atoms with E-state index in [4.69, 9.17) is 21.1 Å². The van der Waals surface area contributed by atoms with Gasteiger partial charge in [-0.15, -0.1) is 11.8 Å². The van der Waals surface area contributed by atoms with Crippen LogP contribution in [-0.4, -0.2) is 30.8 Å². The summed E-state index contributed by atoms with van der Waals surface area (Å²) in [6.07, 6.45) is 0. The van der Waals surface area contributed by atoms with Gasteiger partial charge in [-0.25, -0.2) is 0 Å². The highest BCUT2D eigenvalue weighted by Gasteiger charge is 2.36. The second kappa shape index (κ2) is 7.36. The van der Waals surface area contributed by atoms with Crippen LogP contribution in [0.1, 0.15) is 16.5 Å². The second-order valence-corrected chi connectivity index (χ2v) is 6.89. The Kier molecular flexibility index (Phi) is 5.21. The van der Waals surface area contributed by atoms with Crippen LogP contribution in [0.3, 0.4) is 0 Å². The van der Waals surface area contributed by atoms with Gasteiger partial charge in [-0.2, -0.15) is 0 Å². The Labute approximate surface area is 150 Å². The topological polar surface area (TPSA) is 38.8 Å². The molecule has 1 fully saturated rings. The summed E-state index contributed by atoms with van der Waals surface area (Å²) in [5, 5.41) is 0.545. The van der Waals surface area contributed by atoms with E-state index in [9.17, 15) is 4.79 Å². The zero-order chi connectivity index (χ0) is 17.1. The van der Waals surface area contributed by atoms with Gasteiger partial charge in [0, 0.05) is 11.6 Å². The number of hydrogen-bond acceptors (Lipinski definition) is 4. The van der Waals surface area contributed by atoms with Gasteiger partial charge in [-0.05, 0) is 29.8 Å². The number of hydrogen-bond donors (Lipinski definition) is 0. The fraction of sp³-hybridized carbons (Fsp3) is 0.278. The summed E-state index contributed by atoms with van der Waals surface area (Å²) in [6.45, 7) is 0.523. The zero-order valence-corrected chi connectivity index (χ0v) is 15.1. The number of benzene rings is 2. The summed E-state index contributed by atoms with van der Waals surface area (Å²) in [5.41, 5.74) is 1.93. The molecular formula is C18H18ClNO3S. The molecule has 1 saturated heterocycles. The van der Waals surface area contributed by atoms with Crippen molar-refractivity contribution in [1.82, 2.24) is 4.90 Å². The lowest BCUT2D eigenvalue weighted by atomic mass is 10.1.